The van der Waals surface area contributed by atoms with Gasteiger partial charge in [0.1, 0.15) is 11.8 Å². The molecule has 1 aliphatic heterocycles. The average molecular weight is 640 g/mol. The summed E-state index contributed by atoms with van der Waals surface area (Å²) in [5, 5.41) is 13.8. The van der Waals surface area contributed by atoms with E-state index in [1.54, 1.807) is 44.4 Å². The number of benzene rings is 3. The predicted octanol–water partition coefficient (Wildman–Crippen LogP) is 4.81. The minimum atomic E-state index is -0.917. The van der Waals surface area contributed by atoms with Crippen LogP contribution in [-0.4, -0.2) is 39.1 Å². The number of thiazole rings is 1. The Morgan fingerprint density at radius 3 is 2.64 bits per heavy atom. The van der Waals surface area contributed by atoms with Crippen LogP contribution in [0.2, 0.25) is 0 Å². The molecule has 0 fully saturated rings. The second-order valence-electron chi connectivity index (χ2n) is 9.82. The van der Waals surface area contributed by atoms with E-state index < -0.39 is 22.5 Å². The number of ether oxygens (including phenoxy) is 2. The van der Waals surface area contributed by atoms with E-state index in [4.69, 9.17) is 9.47 Å². The number of carbonyl (C=O) groups is 1. The summed E-state index contributed by atoms with van der Waals surface area (Å²) in [5.74, 6) is -0.0988. The van der Waals surface area contributed by atoms with E-state index >= 15 is 0 Å². The van der Waals surface area contributed by atoms with Crippen LogP contribution in [0.1, 0.15) is 31.0 Å². The van der Waals surface area contributed by atoms with Gasteiger partial charge in [-0.1, -0.05) is 41.7 Å². The van der Waals surface area contributed by atoms with Crippen LogP contribution in [0.5, 0.6) is 5.75 Å². The molecule has 11 nitrogen and oxygen atoms in total. The van der Waals surface area contributed by atoms with Crippen molar-refractivity contribution < 1.29 is 19.2 Å². The first-order valence-electron chi connectivity index (χ1n) is 13.8. The molecule has 6 rings (SSSR count). The fourth-order valence-electron chi connectivity index (χ4n) is 5.23. The number of carbonyl (C=O) groups excluding carboxylic acids is 1. The lowest BCUT2D eigenvalue weighted by Gasteiger charge is -2.27. The third kappa shape index (κ3) is 5.63. The monoisotopic (exact) mass is 639 g/mol. The van der Waals surface area contributed by atoms with Crippen molar-refractivity contribution >= 4 is 51.6 Å². The molecule has 13 heteroatoms. The number of nitro groups is 1. The molecule has 3 aromatic carbocycles. The van der Waals surface area contributed by atoms with E-state index in [-0.39, 0.29) is 22.4 Å². The van der Waals surface area contributed by atoms with Gasteiger partial charge in [-0.2, -0.15) is 0 Å². The number of esters is 1. The molecule has 3 heterocycles. The van der Waals surface area contributed by atoms with E-state index in [0.717, 1.165) is 22.1 Å². The van der Waals surface area contributed by atoms with E-state index in [9.17, 15) is 19.7 Å². The van der Waals surface area contributed by atoms with Gasteiger partial charge in [0.2, 0.25) is 0 Å². The molecule has 0 amide bonds. The number of methoxy groups -OCH3 is 1. The van der Waals surface area contributed by atoms with E-state index in [1.807, 2.05) is 36.4 Å². The van der Waals surface area contributed by atoms with Gasteiger partial charge in [0.15, 0.2) is 9.96 Å². The standard InChI is InChI=1S/C32H25N5O6S2/c1-4-43-30(39)26-18(2)35-32-36(28(26)27-22-9-6-5-8-19(22)10-12-23(27)42-3)29(38)25(45-32)17-20-16-21(37(40)41)11-13-24(20)44-31-33-14-7-15-34-31/h5-17,28H,4H2,1-3H3/b25-17+/t28-/m1/s1. The lowest BCUT2D eigenvalue weighted by atomic mass is 9.90. The largest absolute Gasteiger partial charge is 0.496 e. The van der Waals surface area contributed by atoms with E-state index in [2.05, 4.69) is 15.0 Å². The lowest BCUT2D eigenvalue weighted by molar-refractivity contribution is -0.384. The van der Waals surface area contributed by atoms with Crippen LogP contribution >= 0.6 is 23.1 Å². The number of non-ortho nitro benzene ring substituents is 1. The maximum absolute atomic E-state index is 14.4. The summed E-state index contributed by atoms with van der Waals surface area (Å²) >= 11 is 2.34. The average Bonchev–Trinajstić information content (AvgIpc) is 3.34. The molecule has 0 radical (unpaired) electrons. The van der Waals surface area contributed by atoms with Crippen molar-refractivity contribution in [2.75, 3.05) is 13.7 Å². The van der Waals surface area contributed by atoms with Gasteiger partial charge in [-0.25, -0.2) is 19.8 Å². The molecule has 0 spiro atoms. The smallest absolute Gasteiger partial charge is 0.338 e. The van der Waals surface area contributed by atoms with Crippen LogP contribution < -0.4 is 19.6 Å². The van der Waals surface area contributed by atoms with Gasteiger partial charge in [0.25, 0.3) is 11.2 Å². The first-order chi connectivity index (χ1) is 21.8. The van der Waals surface area contributed by atoms with Crippen molar-refractivity contribution in [2.24, 2.45) is 4.99 Å². The second-order valence-corrected chi connectivity index (χ2v) is 11.8. The summed E-state index contributed by atoms with van der Waals surface area (Å²) in [7, 11) is 1.54. The molecular weight excluding hydrogens is 615 g/mol. The predicted molar refractivity (Wildman–Crippen MR) is 170 cm³/mol. The number of nitro benzene ring substituents is 1. The van der Waals surface area contributed by atoms with Crippen LogP contribution in [-0.2, 0) is 9.53 Å². The van der Waals surface area contributed by atoms with E-state index in [1.165, 1.54) is 35.6 Å². The van der Waals surface area contributed by atoms with Gasteiger partial charge in [-0.05, 0) is 66.2 Å². The first kappa shape index (κ1) is 29.9. The van der Waals surface area contributed by atoms with Crippen LogP contribution in [0.4, 0.5) is 5.69 Å². The number of allylic oxidation sites excluding steroid dienone is 1. The van der Waals surface area contributed by atoms with Crippen molar-refractivity contribution in [3.8, 4) is 5.75 Å². The Bertz CT molecular complexity index is 2190. The molecule has 1 aliphatic rings. The Kier molecular flexibility index (Phi) is 8.28. The fraction of sp³-hybridized carbons (Fsp3) is 0.156. The molecule has 0 bridgehead atoms. The van der Waals surface area contributed by atoms with Crippen molar-refractivity contribution in [1.29, 1.82) is 0 Å². The highest BCUT2D eigenvalue weighted by molar-refractivity contribution is 7.99. The molecule has 0 saturated carbocycles. The molecule has 0 saturated heterocycles. The topological polar surface area (TPSA) is 139 Å². The summed E-state index contributed by atoms with van der Waals surface area (Å²) in [6.45, 7) is 3.56. The first-order valence-corrected chi connectivity index (χ1v) is 15.4. The minimum absolute atomic E-state index is 0.133. The summed E-state index contributed by atoms with van der Waals surface area (Å²) in [6.07, 6.45) is 4.80. The number of hydrogen-bond acceptors (Lipinski definition) is 11. The second kappa shape index (κ2) is 12.5. The Morgan fingerprint density at radius 1 is 1.13 bits per heavy atom. The highest BCUT2D eigenvalue weighted by Gasteiger charge is 2.36. The zero-order valence-corrected chi connectivity index (χ0v) is 25.9. The van der Waals surface area contributed by atoms with Gasteiger partial charge < -0.3 is 9.47 Å². The van der Waals surface area contributed by atoms with Gasteiger partial charge in [0.05, 0.1) is 34.4 Å². The molecule has 0 N–H and O–H groups in total. The summed E-state index contributed by atoms with van der Waals surface area (Å²) < 4.78 is 13.0. The number of hydrogen-bond donors (Lipinski definition) is 0. The van der Waals surface area contributed by atoms with Gasteiger partial charge in [0, 0.05) is 35.0 Å². The zero-order valence-electron chi connectivity index (χ0n) is 24.3. The van der Waals surface area contributed by atoms with Gasteiger partial charge in [-0.3, -0.25) is 19.5 Å². The Hall–Kier alpha value is -5.14. The number of fused-ring (bicyclic) bond motifs is 2. The van der Waals surface area contributed by atoms with E-state index in [0.29, 0.717) is 37.4 Å². The van der Waals surface area contributed by atoms with Crippen LogP contribution in [0.25, 0.3) is 16.8 Å². The summed E-state index contributed by atoms with van der Waals surface area (Å²) in [4.78, 5) is 53.2. The number of rotatable bonds is 8. The van der Waals surface area contributed by atoms with Crippen molar-refractivity contribution in [1.82, 2.24) is 14.5 Å². The maximum atomic E-state index is 14.4. The lowest BCUT2D eigenvalue weighted by Crippen LogP contribution is -2.40. The van der Waals surface area contributed by atoms with Gasteiger partial charge in [-0.15, -0.1) is 0 Å². The van der Waals surface area contributed by atoms with Crippen molar-refractivity contribution in [3.05, 3.63) is 125 Å². The quantitative estimate of drug-likeness (QED) is 0.101. The zero-order chi connectivity index (χ0) is 31.7. The number of nitrogens with zero attached hydrogens (tertiary/aromatic N) is 5. The molecule has 0 unspecified atom stereocenters. The third-order valence-electron chi connectivity index (χ3n) is 7.18. The van der Waals surface area contributed by atoms with Crippen molar-refractivity contribution in [3.63, 3.8) is 0 Å². The normalized spacial score (nSPS) is 14.6. The highest BCUT2D eigenvalue weighted by atomic mass is 32.2. The molecule has 45 heavy (non-hydrogen) atoms. The fourth-order valence-corrected chi connectivity index (χ4v) is 7.07. The molecule has 2 aromatic heterocycles. The molecule has 5 aromatic rings. The van der Waals surface area contributed by atoms with Crippen molar-refractivity contribution in [2.45, 2.75) is 29.9 Å². The molecule has 1 atom stereocenters. The third-order valence-corrected chi connectivity index (χ3v) is 9.14. The molecule has 0 aliphatic carbocycles. The minimum Gasteiger partial charge on any atom is -0.496 e. The molecule has 226 valence electrons. The Labute approximate surface area is 264 Å². The van der Waals surface area contributed by atoms with Crippen LogP contribution in [0.15, 0.2) is 104 Å². The summed E-state index contributed by atoms with van der Waals surface area (Å²) in [5.41, 5.74) is 1.13. The maximum Gasteiger partial charge on any atom is 0.338 e. The van der Waals surface area contributed by atoms with Crippen LogP contribution in [0, 0.1) is 10.1 Å². The SMILES string of the molecule is CCOC(=O)C1=C(C)N=c2s/c(=C/c3cc([N+](=O)[O-])ccc3Sc3ncccn3)c(=O)n2[C@H]1c1c(OC)ccc2ccccc12. The summed E-state index contributed by atoms with van der Waals surface area (Å²) in [6, 6.07) is 16.6. The Balaban J connectivity index is 1.62. The molecular formula is C32H25N5O6S2. The van der Waals surface area contributed by atoms with Crippen LogP contribution in [0.3, 0.4) is 0 Å². The highest BCUT2D eigenvalue weighted by Crippen LogP contribution is 2.40. The number of aromatic nitrogens is 3. The Morgan fingerprint density at radius 2 is 1.91 bits per heavy atom. The van der Waals surface area contributed by atoms with Gasteiger partial charge >= 0.3 is 5.97 Å².